The van der Waals surface area contributed by atoms with Crippen LogP contribution in [0.25, 0.3) is 11.3 Å². The highest BCUT2D eigenvalue weighted by Gasteiger charge is 2.00. The van der Waals surface area contributed by atoms with Crippen molar-refractivity contribution in [1.29, 1.82) is 0 Å². The van der Waals surface area contributed by atoms with E-state index in [4.69, 9.17) is 9.15 Å². The molecule has 18 heavy (non-hydrogen) atoms. The fourth-order valence-corrected chi connectivity index (χ4v) is 1.88. The van der Waals surface area contributed by atoms with Gasteiger partial charge in [-0.2, -0.15) is 0 Å². The molecule has 0 saturated heterocycles. The van der Waals surface area contributed by atoms with E-state index in [1.54, 1.807) is 6.26 Å². The van der Waals surface area contributed by atoms with Crippen LogP contribution >= 0.6 is 0 Å². The molecule has 2 rings (SSSR count). The van der Waals surface area contributed by atoms with Crippen LogP contribution in [0.3, 0.4) is 0 Å². The van der Waals surface area contributed by atoms with Crippen LogP contribution < -0.4 is 4.74 Å². The molecular weight excluding hydrogens is 224 g/mol. The summed E-state index contributed by atoms with van der Waals surface area (Å²) in [6.07, 6.45) is 6.63. The summed E-state index contributed by atoms with van der Waals surface area (Å²) in [5.74, 6) is 1.83. The third kappa shape index (κ3) is 3.66. The summed E-state index contributed by atoms with van der Waals surface area (Å²) in [7, 11) is 0. The molecule has 0 aliphatic heterocycles. The molecular formula is C16H20O2. The van der Waals surface area contributed by atoms with Gasteiger partial charge in [-0.3, -0.25) is 0 Å². The summed E-state index contributed by atoms with van der Waals surface area (Å²) >= 11 is 0. The fraction of sp³-hybridized carbons (Fsp3) is 0.375. The van der Waals surface area contributed by atoms with Crippen molar-refractivity contribution in [3.05, 3.63) is 42.7 Å². The van der Waals surface area contributed by atoms with Crippen LogP contribution in [0.5, 0.6) is 5.75 Å². The summed E-state index contributed by atoms with van der Waals surface area (Å²) in [5, 5.41) is 0. The van der Waals surface area contributed by atoms with Crippen LogP contribution in [0.2, 0.25) is 0 Å². The van der Waals surface area contributed by atoms with Crippen molar-refractivity contribution in [3.63, 3.8) is 0 Å². The van der Waals surface area contributed by atoms with Gasteiger partial charge in [-0.05, 0) is 42.8 Å². The zero-order valence-electron chi connectivity index (χ0n) is 10.9. The Morgan fingerprint density at radius 2 is 1.83 bits per heavy atom. The van der Waals surface area contributed by atoms with Gasteiger partial charge in [-0.25, -0.2) is 0 Å². The minimum atomic E-state index is 0.806. The average Bonchev–Trinajstić information content (AvgIpc) is 2.93. The van der Waals surface area contributed by atoms with Crippen molar-refractivity contribution in [3.8, 4) is 17.1 Å². The van der Waals surface area contributed by atoms with E-state index in [2.05, 4.69) is 6.92 Å². The Morgan fingerprint density at radius 1 is 1.00 bits per heavy atom. The van der Waals surface area contributed by atoms with E-state index in [0.717, 1.165) is 30.1 Å². The van der Waals surface area contributed by atoms with Gasteiger partial charge in [0.05, 0.1) is 12.9 Å². The van der Waals surface area contributed by atoms with Crippen molar-refractivity contribution in [2.75, 3.05) is 6.61 Å². The van der Waals surface area contributed by atoms with Gasteiger partial charge in [0.1, 0.15) is 11.5 Å². The third-order valence-corrected chi connectivity index (χ3v) is 2.93. The van der Waals surface area contributed by atoms with E-state index >= 15 is 0 Å². The molecule has 0 spiro atoms. The summed E-state index contributed by atoms with van der Waals surface area (Å²) in [6.45, 7) is 3.02. The highest BCUT2D eigenvalue weighted by molar-refractivity contribution is 5.58. The topological polar surface area (TPSA) is 22.4 Å². The number of unbranched alkanes of at least 4 members (excludes halogenated alkanes) is 3. The van der Waals surface area contributed by atoms with Crippen LogP contribution in [0.15, 0.2) is 47.1 Å². The van der Waals surface area contributed by atoms with Gasteiger partial charge >= 0.3 is 0 Å². The average molecular weight is 244 g/mol. The highest BCUT2D eigenvalue weighted by Crippen LogP contribution is 2.22. The van der Waals surface area contributed by atoms with Crippen molar-refractivity contribution in [2.45, 2.75) is 32.6 Å². The molecule has 0 aliphatic carbocycles. The standard InChI is InChI=1S/C16H20O2/c1-2-3-4-5-12-17-15-10-8-14(9-11-15)16-7-6-13-18-16/h6-11,13H,2-5,12H2,1H3. The number of hydrogen-bond acceptors (Lipinski definition) is 2. The molecule has 96 valence electrons. The predicted octanol–water partition coefficient (Wildman–Crippen LogP) is 4.91. The molecule has 2 aromatic rings. The molecule has 0 amide bonds. The maximum Gasteiger partial charge on any atom is 0.133 e. The van der Waals surface area contributed by atoms with E-state index in [1.165, 1.54) is 19.3 Å². The van der Waals surface area contributed by atoms with Crippen molar-refractivity contribution < 1.29 is 9.15 Å². The molecule has 0 fully saturated rings. The zero-order chi connectivity index (χ0) is 12.6. The van der Waals surface area contributed by atoms with Crippen LogP contribution in [-0.2, 0) is 0 Å². The summed E-state index contributed by atoms with van der Waals surface area (Å²) in [5.41, 5.74) is 1.08. The number of benzene rings is 1. The summed E-state index contributed by atoms with van der Waals surface area (Å²) < 4.78 is 11.0. The Balaban J connectivity index is 1.81. The van der Waals surface area contributed by atoms with Gasteiger partial charge in [-0.15, -0.1) is 0 Å². The predicted molar refractivity (Wildman–Crippen MR) is 73.8 cm³/mol. The molecule has 1 aromatic heterocycles. The molecule has 2 heteroatoms. The minimum absolute atomic E-state index is 0.806. The van der Waals surface area contributed by atoms with E-state index < -0.39 is 0 Å². The van der Waals surface area contributed by atoms with Gasteiger partial charge in [0.2, 0.25) is 0 Å². The van der Waals surface area contributed by atoms with E-state index in [-0.39, 0.29) is 0 Å². The normalized spacial score (nSPS) is 10.5. The van der Waals surface area contributed by atoms with Gasteiger partial charge in [0.25, 0.3) is 0 Å². The zero-order valence-corrected chi connectivity index (χ0v) is 10.9. The first-order valence-electron chi connectivity index (χ1n) is 6.67. The fourth-order valence-electron chi connectivity index (χ4n) is 1.88. The Morgan fingerprint density at radius 3 is 2.50 bits per heavy atom. The Labute approximate surface area is 109 Å². The Kier molecular flexibility index (Phi) is 4.88. The lowest BCUT2D eigenvalue weighted by atomic mass is 10.2. The molecule has 1 aromatic carbocycles. The molecule has 0 radical (unpaired) electrons. The van der Waals surface area contributed by atoms with Gasteiger partial charge < -0.3 is 9.15 Å². The van der Waals surface area contributed by atoms with Crippen molar-refractivity contribution >= 4 is 0 Å². The largest absolute Gasteiger partial charge is 0.494 e. The molecule has 0 aliphatic rings. The van der Waals surface area contributed by atoms with Crippen molar-refractivity contribution in [1.82, 2.24) is 0 Å². The van der Waals surface area contributed by atoms with Crippen LogP contribution in [0, 0.1) is 0 Å². The van der Waals surface area contributed by atoms with Crippen LogP contribution in [0.4, 0.5) is 0 Å². The third-order valence-electron chi connectivity index (χ3n) is 2.93. The lowest BCUT2D eigenvalue weighted by Crippen LogP contribution is -1.96. The molecule has 0 bridgehead atoms. The highest BCUT2D eigenvalue weighted by atomic mass is 16.5. The number of rotatable bonds is 7. The molecule has 0 saturated carbocycles. The molecule has 0 unspecified atom stereocenters. The second-order valence-electron chi connectivity index (χ2n) is 4.41. The van der Waals surface area contributed by atoms with Crippen molar-refractivity contribution in [2.24, 2.45) is 0 Å². The minimum Gasteiger partial charge on any atom is -0.494 e. The maximum absolute atomic E-state index is 5.69. The quantitative estimate of drug-likeness (QED) is 0.646. The van der Waals surface area contributed by atoms with Gasteiger partial charge in [0, 0.05) is 5.56 Å². The molecule has 0 atom stereocenters. The Bertz CT molecular complexity index is 429. The summed E-state index contributed by atoms with van der Waals surface area (Å²) in [6, 6.07) is 11.9. The number of hydrogen-bond donors (Lipinski definition) is 0. The lowest BCUT2D eigenvalue weighted by molar-refractivity contribution is 0.305. The maximum atomic E-state index is 5.69. The molecule has 0 N–H and O–H groups in total. The van der Waals surface area contributed by atoms with Crippen LogP contribution in [0.1, 0.15) is 32.6 Å². The first-order chi connectivity index (χ1) is 8.90. The second kappa shape index (κ2) is 6.90. The van der Waals surface area contributed by atoms with Crippen LogP contribution in [-0.4, -0.2) is 6.61 Å². The number of ether oxygens (including phenoxy) is 1. The van der Waals surface area contributed by atoms with E-state index in [9.17, 15) is 0 Å². The lowest BCUT2D eigenvalue weighted by Gasteiger charge is -2.06. The van der Waals surface area contributed by atoms with E-state index in [0.29, 0.717) is 0 Å². The van der Waals surface area contributed by atoms with Gasteiger partial charge in [-0.1, -0.05) is 26.2 Å². The van der Waals surface area contributed by atoms with E-state index in [1.807, 2.05) is 36.4 Å². The SMILES string of the molecule is CCCCCCOc1ccc(-c2ccco2)cc1. The molecule has 2 nitrogen and oxygen atoms in total. The molecule has 1 heterocycles. The summed E-state index contributed by atoms with van der Waals surface area (Å²) in [4.78, 5) is 0. The van der Waals surface area contributed by atoms with Gasteiger partial charge in [0.15, 0.2) is 0 Å². The first kappa shape index (κ1) is 12.7. The Hall–Kier alpha value is -1.70. The monoisotopic (exact) mass is 244 g/mol. The smallest absolute Gasteiger partial charge is 0.133 e. The number of furan rings is 1. The second-order valence-corrected chi connectivity index (χ2v) is 4.41. The first-order valence-corrected chi connectivity index (χ1v) is 6.67.